The summed E-state index contributed by atoms with van der Waals surface area (Å²) < 4.78 is 36.8. The fourth-order valence-electron chi connectivity index (χ4n) is 3.11. The van der Waals surface area contributed by atoms with Crippen molar-refractivity contribution in [2.24, 2.45) is 0 Å². The second-order valence-corrected chi connectivity index (χ2v) is 8.28. The van der Waals surface area contributed by atoms with Gasteiger partial charge in [-0.2, -0.15) is 0 Å². The molecule has 1 N–H and O–H groups in total. The van der Waals surface area contributed by atoms with Gasteiger partial charge in [-0.25, -0.2) is 12.8 Å². The van der Waals surface area contributed by atoms with E-state index in [9.17, 15) is 17.6 Å². The zero-order chi connectivity index (χ0) is 19.1. The van der Waals surface area contributed by atoms with E-state index in [1.165, 1.54) is 24.3 Å². The van der Waals surface area contributed by atoms with Gasteiger partial charge in [-0.15, -0.1) is 0 Å². The van der Waals surface area contributed by atoms with Crippen LogP contribution >= 0.6 is 0 Å². The maximum absolute atomic E-state index is 13.7. The third kappa shape index (κ3) is 4.69. The van der Waals surface area contributed by atoms with Gasteiger partial charge in [0.05, 0.1) is 11.3 Å². The first kappa shape index (κ1) is 21.8. The summed E-state index contributed by atoms with van der Waals surface area (Å²) in [5.74, 6) is -1.40. The van der Waals surface area contributed by atoms with Gasteiger partial charge in [-0.3, -0.25) is 4.79 Å². The Kier molecular flexibility index (Phi) is 6.68. The van der Waals surface area contributed by atoms with Crippen LogP contribution in [0.4, 0.5) is 4.39 Å². The number of rotatable bonds is 4. The summed E-state index contributed by atoms with van der Waals surface area (Å²) in [5.41, 5.74) is 4.31. The first-order valence-electron chi connectivity index (χ1n) is 7.91. The maximum atomic E-state index is 13.7. The number of carboxylic acid groups (broad SMARTS) is 1. The minimum absolute atomic E-state index is 0. The molecule has 2 aromatic carbocycles. The van der Waals surface area contributed by atoms with Crippen LogP contribution < -0.4 is 0 Å². The Morgan fingerprint density at radius 2 is 1.74 bits per heavy atom. The van der Waals surface area contributed by atoms with E-state index in [0.29, 0.717) is 11.1 Å². The Morgan fingerprint density at radius 3 is 2.30 bits per heavy atom. The second-order valence-electron chi connectivity index (χ2n) is 6.26. The van der Waals surface area contributed by atoms with E-state index in [-0.39, 0.29) is 49.1 Å². The molecular formula is C20H19CaFO4S. The summed E-state index contributed by atoms with van der Waals surface area (Å²) in [6.07, 6.45) is 2.81. The molecular weight excluding hydrogens is 395 g/mol. The van der Waals surface area contributed by atoms with Crippen molar-refractivity contribution in [1.82, 2.24) is 0 Å². The van der Waals surface area contributed by atoms with Crippen molar-refractivity contribution >= 4 is 70.8 Å². The normalized spacial score (nSPS) is 14.9. The minimum atomic E-state index is -3.27. The van der Waals surface area contributed by atoms with E-state index >= 15 is 0 Å². The molecule has 0 radical (unpaired) electrons. The van der Waals surface area contributed by atoms with Gasteiger partial charge < -0.3 is 5.11 Å². The monoisotopic (exact) mass is 414 g/mol. The number of benzene rings is 2. The van der Waals surface area contributed by atoms with Crippen LogP contribution in [0.3, 0.4) is 0 Å². The fourth-order valence-corrected chi connectivity index (χ4v) is 3.74. The molecule has 0 atom stereocenters. The van der Waals surface area contributed by atoms with Gasteiger partial charge >= 0.3 is 43.7 Å². The van der Waals surface area contributed by atoms with Crippen LogP contribution in [0, 0.1) is 5.82 Å². The van der Waals surface area contributed by atoms with Crippen LogP contribution in [-0.2, 0) is 14.6 Å². The van der Waals surface area contributed by atoms with E-state index in [0.717, 1.165) is 28.5 Å². The predicted molar refractivity (Wildman–Crippen MR) is 107 cm³/mol. The molecule has 1 aliphatic carbocycles. The molecule has 0 spiro atoms. The fraction of sp³-hybridized carbons (Fsp3) is 0.150. The molecule has 7 heteroatoms. The SMILES string of the molecule is CC1=C(CC(=O)O)c2cc(F)ccc2C1=Cc1ccc(S(C)(=O)=O)cc1.[CaH2]. The van der Waals surface area contributed by atoms with Gasteiger partial charge in [0.15, 0.2) is 9.84 Å². The van der Waals surface area contributed by atoms with Crippen molar-refractivity contribution in [3.8, 4) is 0 Å². The molecule has 0 saturated carbocycles. The summed E-state index contributed by atoms with van der Waals surface area (Å²) in [7, 11) is -3.27. The van der Waals surface area contributed by atoms with Gasteiger partial charge in [0.25, 0.3) is 0 Å². The van der Waals surface area contributed by atoms with Crippen LogP contribution in [0.2, 0.25) is 0 Å². The van der Waals surface area contributed by atoms with Gasteiger partial charge in [-0.05, 0) is 70.7 Å². The first-order chi connectivity index (χ1) is 12.2. The number of aliphatic carboxylic acids is 1. The zero-order valence-electron chi connectivity index (χ0n) is 14.3. The van der Waals surface area contributed by atoms with Crippen LogP contribution in [0.15, 0.2) is 52.9 Å². The molecule has 0 heterocycles. The number of carboxylic acids is 1. The predicted octanol–water partition coefficient (Wildman–Crippen LogP) is 3.12. The van der Waals surface area contributed by atoms with E-state index in [2.05, 4.69) is 0 Å². The van der Waals surface area contributed by atoms with E-state index < -0.39 is 21.6 Å². The summed E-state index contributed by atoms with van der Waals surface area (Å²) in [6.45, 7) is 1.81. The number of hydrogen-bond donors (Lipinski definition) is 1. The van der Waals surface area contributed by atoms with Crippen LogP contribution in [-0.4, -0.2) is 63.5 Å². The zero-order valence-corrected chi connectivity index (χ0v) is 15.1. The molecule has 4 nitrogen and oxygen atoms in total. The third-order valence-corrected chi connectivity index (χ3v) is 5.53. The average Bonchev–Trinajstić information content (AvgIpc) is 2.79. The van der Waals surface area contributed by atoms with Crippen molar-refractivity contribution < 1.29 is 22.7 Å². The number of sulfone groups is 1. The average molecular weight is 415 g/mol. The van der Waals surface area contributed by atoms with Gasteiger partial charge in [-0.1, -0.05) is 18.2 Å². The summed E-state index contributed by atoms with van der Waals surface area (Å²) >= 11 is 0. The number of fused-ring (bicyclic) bond motifs is 1. The van der Waals surface area contributed by atoms with E-state index in [1.807, 2.05) is 13.0 Å². The summed E-state index contributed by atoms with van der Waals surface area (Å²) in [4.78, 5) is 11.4. The molecule has 3 rings (SSSR count). The van der Waals surface area contributed by atoms with Gasteiger partial charge in [0, 0.05) is 6.26 Å². The van der Waals surface area contributed by atoms with Crippen molar-refractivity contribution in [3.63, 3.8) is 0 Å². The second kappa shape index (κ2) is 8.27. The van der Waals surface area contributed by atoms with Crippen molar-refractivity contribution in [2.75, 3.05) is 6.26 Å². The Balaban J connectivity index is 0.00000261. The molecule has 1 aliphatic rings. The molecule has 0 unspecified atom stereocenters. The topological polar surface area (TPSA) is 71.4 Å². The molecule has 0 bridgehead atoms. The third-order valence-electron chi connectivity index (χ3n) is 4.40. The molecule has 27 heavy (non-hydrogen) atoms. The Morgan fingerprint density at radius 1 is 1.11 bits per heavy atom. The molecule has 0 saturated heterocycles. The number of halogens is 1. The molecule has 0 aromatic heterocycles. The molecule has 138 valence electrons. The Bertz CT molecular complexity index is 1070. The van der Waals surface area contributed by atoms with Gasteiger partial charge in [0.2, 0.25) is 0 Å². The number of carbonyl (C=O) groups is 1. The summed E-state index contributed by atoms with van der Waals surface area (Å²) in [5, 5.41) is 9.17. The Hall–Kier alpha value is -1.47. The Labute approximate surface area is 187 Å². The van der Waals surface area contributed by atoms with Crippen molar-refractivity contribution in [3.05, 3.63) is 70.5 Å². The molecule has 2 aromatic rings. The quantitative estimate of drug-likeness (QED) is 0.781. The van der Waals surface area contributed by atoms with E-state index in [1.54, 1.807) is 18.2 Å². The van der Waals surface area contributed by atoms with Crippen molar-refractivity contribution in [2.45, 2.75) is 18.2 Å². The standard InChI is InChI=1S/C20H17FO4S.Ca.2H/c1-12-17(9-13-3-6-15(7-4-13)26(2,24)25)16-8-5-14(21)10-19(16)18(12)11-20(22)23;;;/h3-10H,11H2,1-2H3,(H,22,23);;;. The van der Waals surface area contributed by atoms with Crippen LogP contribution in [0.5, 0.6) is 0 Å². The van der Waals surface area contributed by atoms with Crippen LogP contribution in [0.1, 0.15) is 30.0 Å². The number of hydrogen-bond acceptors (Lipinski definition) is 3. The number of allylic oxidation sites excluding steroid dienone is 2. The molecule has 0 amide bonds. The molecule has 0 aliphatic heterocycles. The molecule has 0 fully saturated rings. The summed E-state index contributed by atoms with van der Waals surface area (Å²) in [6, 6.07) is 10.8. The van der Waals surface area contributed by atoms with Crippen molar-refractivity contribution in [1.29, 1.82) is 0 Å². The van der Waals surface area contributed by atoms with Gasteiger partial charge in [0.1, 0.15) is 5.82 Å². The van der Waals surface area contributed by atoms with Crippen LogP contribution in [0.25, 0.3) is 17.2 Å². The van der Waals surface area contributed by atoms with E-state index in [4.69, 9.17) is 5.11 Å². The first-order valence-corrected chi connectivity index (χ1v) is 9.80.